The van der Waals surface area contributed by atoms with E-state index in [1.807, 2.05) is 58.9 Å². The van der Waals surface area contributed by atoms with Crippen molar-refractivity contribution >= 4 is 28.6 Å². The van der Waals surface area contributed by atoms with Crippen molar-refractivity contribution < 1.29 is 19.5 Å². The van der Waals surface area contributed by atoms with E-state index in [9.17, 15) is 19.5 Å². The van der Waals surface area contributed by atoms with Gasteiger partial charge in [0.2, 0.25) is 11.8 Å². The maximum Gasteiger partial charge on any atom is 0.265 e. The zero-order chi connectivity index (χ0) is 27.4. The van der Waals surface area contributed by atoms with Crippen molar-refractivity contribution in [1.82, 2.24) is 14.8 Å². The Hall–Kier alpha value is -2.87. The number of amides is 3. The summed E-state index contributed by atoms with van der Waals surface area (Å²) in [7, 11) is 0. The van der Waals surface area contributed by atoms with Crippen LogP contribution in [0.2, 0.25) is 0 Å². The van der Waals surface area contributed by atoms with Crippen LogP contribution in [0.4, 0.5) is 0 Å². The summed E-state index contributed by atoms with van der Waals surface area (Å²) in [5.74, 6) is -0.545. The molecule has 1 aliphatic heterocycles. The fourth-order valence-electron chi connectivity index (χ4n) is 6.26. The number of primary amides is 1. The van der Waals surface area contributed by atoms with Crippen LogP contribution in [0.3, 0.4) is 0 Å². The lowest BCUT2D eigenvalue weighted by atomic mass is 9.87. The molecule has 2 fully saturated rings. The number of aromatic nitrogens is 1. The standard InChI is InChI=1S/C29H42N4O4/c1-16(2)12-21(33-19-11-9-8-10-17(19)13-20(33)25(30)35)27(37)32-14-18-23(29(18,6)7)24(32)26(36)31-22(15-34)28(3,4)5/h8-11,13,16,18,21-24,34H,12,14-15H2,1-7H3,(H2,30,35)(H,31,36)/t18-,21-,22+,23-,24-/m0/s1. The lowest BCUT2D eigenvalue weighted by Gasteiger charge is -2.36. The van der Waals surface area contributed by atoms with E-state index in [-0.39, 0.29) is 47.0 Å². The molecule has 4 N–H and O–H groups in total. The maximum absolute atomic E-state index is 14.4. The molecular formula is C29H42N4O4. The highest BCUT2D eigenvalue weighted by Gasteiger charge is 2.69. The van der Waals surface area contributed by atoms with Gasteiger partial charge in [0.05, 0.1) is 12.6 Å². The van der Waals surface area contributed by atoms with Crippen molar-refractivity contribution in [3.8, 4) is 0 Å². The first-order chi connectivity index (χ1) is 17.2. The van der Waals surface area contributed by atoms with Crippen LogP contribution in [0.25, 0.3) is 10.9 Å². The fourth-order valence-corrected chi connectivity index (χ4v) is 6.26. The van der Waals surface area contributed by atoms with E-state index in [1.54, 1.807) is 15.5 Å². The molecule has 1 aromatic carbocycles. The Morgan fingerprint density at radius 1 is 1.19 bits per heavy atom. The first-order valence-corrected chi connectivity index (χ1v) is 13.3. The zero-order valence-electron chi connectivity index (χ0n) is 23.1. The Labute approximate surface area is 219 Å². The number of nitrogens with one attached hydrogen (secondary N) is 1. The third-order valence-corrected chi connectivity index (χ3v) is 8.60. The number of fused-ring (bicyclic) bond motifs is 2. The van der Waals surface area contributed by atoms with Gasteiger partial charge in [-0.1, -0.05) is 66.7 Å². The second-order valence-electron chi connectivity index (χ2n) is 13.0. The van der Waals surface area contributed by atoms with Gasteiger partial charge in [-0.25, -0.2) is 0 Å². The molecule has 4 rings (SSSR count). The van der Waals surface area contributed by atoms with Crippen molar-refractivity contribution in [2.45, 2.75) is 73.0 Å². The summed E-state index contributed by atoms with van der Waals surface area (Å²) in [6.45, 7) is 14.6. The number of benzene rings is 1. The van der Waals surface area contributed by atoms with Crippen LogP contribution >= 0.6 is 0 Å². The van der Waals surface area contributed by atoms with Gasteiger partial charge in [-0.3, -0.25) is 14.4 Å². The third-order valence-electron chi connectivity index (χ3n) is 8.60. The topological polar surface area (TPSA) is 118 Å². The molecule has 2 aliphatic rings. The summed E-state index contributed by atoms with van der Waals surface area (Å²) in [5.41, 5.74) is 6.47. The summed E-state index contributed by atoms with van der Waals surface area (Å²) >= 11 is 0. The fraction of sp³-hybridized carbons (Fsp3) is 0.621. The molecule has 1 saturated carbocycles. The first-order valence-electron chi connectivity index (χ1n) is 13.3. The molecule has 0 unspecified atom stereocenters. The molecule has 0 bridgehead atoms. The Kier molecular flexibility index (Phi) is 6.95. The molecule has 1 aromatic heterocycles. The molecule has 3 amide bonds. The minimum Gasteiger partial charge on any atom is -0.394 e. The number of para-hydroxylation sites is 1. The Bertz CT molecular complexity index is 1210. The van der Waals surface area contributed by atoms with Crippen LogP contribution in [0.5, 0.6) is 0 Å². The first kappa shape index (κ1) is 27.2. The number of aliphatic hydroxyl groups is 1. The molecule has 1 aliphatic carbocycles. The number of nitrogens with two attached hydrogens (primary N) is 1. The van der Waals surface area contributed by atoms with E-state index < -0.39 is 24.0 Å². The van der Waals surface area contributed by atoms with Crippen LogP contribution in [-0.4, -0.2) is 57.5 Å². The smallest absolute Gasteiger partial charge is 0.265 e. The number of hydrogen-bond donors (Lipinski definition) is 3. The molecule has 8 nitrogen and oxygen atoms in total. The van der Waals surface area contributed by atoms with Crippen LogP contribution in [0.1, 0.15) is 71.4 Å². The number of piperidine rings is 1. The van der Waals surface area contributed by atoms with Gasteiger partial charge in [0.25, 0.3) is 5.91 Å². The molecule has 8 heteroatoms. The number of likely N-dealkylation sites (tertiary alicyclic amines) is 1. The summed E-state index contributed by atoms with van der Waals surface area (Å²) in [4.78, 5) is 42.3. The Morgan fingerprint density at radius 3 is 2.41 bits per heavy atom. The molecule has 2 heterocycles. The predicted octanol–water partition coefficient (Wildman–Crippen LogP) is 3.33. The maximum atomic E-state index is 14.4. The van der Waals surface area contributed by atoms with Gasteiger partial charge < -0.3 is 25.6 Å². The molecule has 0 radical (unpaired) electrons. The SMILES string of the molecule is CC(C)C[C@@H](C(=O)N1C[C@H]2[C@@H]([C@H]1C(=O)N[C@H](CO)C(C)(C)C)C2(C)C)n1c(C(N)=O)cc2ccccc21. The molecule has 0 spiro atoms. The molecule has 1 saturated heterocycles. The highest BCUT2D eigenvalue weighted by atomic mass is 16.3. The Balaban J connectivity index is 1.74. The lowest BCUT2D eigenvalue weighted by molar-refractivity contribution is -0.144. The monoisotopic (exact) mass is 510 g/mol. The van der Waals surface area contributed by atoms with Gasteiger partial charge in [-0.2, -0.15) is 0 Å². The van der Waals surface area contributed by atoms with Crippen LogP contribution in [0.15, 0.2) is 30.3 Å². The van der Waals surface area contributed by atoms with Gasteiger partial charge in [-0.15, -0.1) is 0 Å². The normalized spacial score (nSPS) is 24.1. The van der Waals surface area contributed by atoms with Crippen LogP contribution in [-0.2, 0) is 9.59 Å². The molecule has 202 valence electrons. The van der Waals surface area contributed by atoms with Gasteiger partial charge >= 0.3 is 0 Å². The van der Waals surface area contributed by atoms with E-state index in [4.69, 9.17) is 5.73 Å². The van der Waals surface area contributed by atoms with Crippen molar-refractivity contribution in [2.24, 2.45) is 34.3 Å². The number of carbonyl (C=O) groups excluding carboxylic acids is 3. The second-order valence-corrected chi connectivity index (χ2v) is 13.0. The number of aliphatic hydroxyl groups excluding tert-OH is 1. The van der Waals surface area contributed by atoms with E-state index in [0.29, 0.717) is 18.7 Å². The molecule has 37 heavy (non-hydrogen) atoms. The van der Waals surface area contributed by atoms with E-state index in [0.717, 1.165) is 10.9 Å². The lowest BCUT2D eigenvalue weighted by Crippen LogP contribution is -2.56. The molecule has 5 atom stereocenters. The average Bonchev–Trinajstić information content (AvgIpc) is 3.17. The molecular weight excluding hydrogens is 468 g/mol. The summed E-state index contributed by atoms with van der Waals surface area (Å²) in [5, 5.41) is 13.8. The van der Waals surface area contributed by atoms with Gasteiger partial charge in [0.1, 0.15) is 17.8 Å². The van der Waals surface area contributed by atoms with E-state index in [2.05, 4.69) is 19.2 Å². The minimum atomic E-state index is -0.672. The summed E-state index contributed by atoms with van der Waals surface area (Å²) < 4.78 is 1.77. The van der Waals surface area contributed by atoms with Crippen molar-refractivity contribution in [1.29, 1.82) is 0 Å². The Morgan fingerprint density at radius 2 is 1.84 bits per heavy atom. The highest BCUT2D eigenvalue weighted by molar-refractivity contribution is 6.00. The predicted molar refractivity (Wildman–Crippen MR) is 144 cm³/mol. The molecule has 2 aromatic rings. The number of nitrogens with zero attached hydrogens (tertiary/aromatic N) is 2. The number of rotatable bonds is 8. The van der Waals surface area contributed by atoms with Crippen LogP contribution < -0.4 is 11.1 Å². The van der Waals surface area contributed by atoms with Gasteiger partial charge in [-0.05, 0) is 47.1 Å². The van der Waals surface area contributed by atoms with E-state index in [1.165, 1.54) is 0 Å². The quantitative estimate of drug-likeness (QED) is 0.505. The summed E-state index contributed by atoms with van der Waals surface area (Å²) in [6.07, 6.45) is 0.503. The zero-order valence-corrected chi connectivity index (χ0v) is 23.1. The number of carbonyl (C=O) groups is 3. The minimum absolute atomic E-state index is 0.0404. The van der Waals surface area contributed by atoms with Crippen molar-refractivity contribution in [3.63, 3.8) is 0 Å². The largest absolute Gasteiger partial charge is 0.394 e. The van der Waals surface area contributed by atoms with Crippen LogP contribution in [0, 0.1) is 28.6 Å². The average molecular weight is 511 g/mol. The second kappa shape index (κ2) is 9.46. The van der Waals surface area contributed by atoms with Crippen molar-refractivity contribution in [2.75, 3.05) is 13.2 Å². The summed E-state index contributed by atoms with van der Waals surface area (Å²) in [6, 6.07) is 7.58. The van der Waals surface area contributed by atoms with Gasteiger partial charge in [0.15, 0.2) is 0 Å². The van der Waals surface area contributed by atoms with Crippen molar-refractivity contribution in [3.05, 3.63) is 36.0 Å². The third kappa shape index (κ3) is 4.76. The highest BCUT2D eigenvalue weighted by Crippen LogP contribution is 2.65. The number of hydrogen-bond acceptors (Lipinski definition) is 4. The van der Waals surface area contributed by atoms with E-state index >= 15 is 0 Å². The van der Waals surface area contributed by atoms with Gasteiger partial charge in [0, 0.05) is 17.4 Å².